The van der Waals surface area contributed by atoms with Crippen LogP contribution in [0.4, 0.5) is 5.69 Å². The van der Waals surface area contributed by atoms with Crippen LogP contribution in [0.3, 0.4) is 0 Å². The first-order valence-corrected chi connectivity index (χ1v) is 6.85. The van der Waals surface area contributed by atoms with Crippen LogP contribution in [0, 0.1) is 0 Å². The van der Waals surface area contributed by atoms with Gasteiger partial charge in [0.15, 0.2) is 5.78 Å². The molecule has 0 bridgehead atoms. The summed E-state index contributed by atoms with van der Waals surface area (Å²) >= 11 is 11.8. The lowest BCUT2D eigenvalue weighted by Crippen LogP contribution is -2.02. The van der Waals surface area contributed by atoms with E-state index in [1.54, 1.807) is 24.4 Å². The lowest BCUT2D eigenvalue weighted by Gasteiger charge is -2.06. The summed E-state index contributed by atoms with van der Waals surface area (Å²) < 4.78 is 0. The molecule has 18 heavy (non-hydrogen) atoms. The summed E-state index contributed by atoms with van der Waals surface area (Å²) in [6, 6.07) is 5.25. The second-order valence-corrected chi connectivity index (χ2v) is 5.33. The Morgan fingerprint density at radius 2 is 1.67 bits per heavy atom. The Labute approximate surface area is 117 Å². The molecule has 0 amide bonds. The quantitative estimate of drug-likeness (QED) is 0.623. The van der Waals surface area contributed by atoms with E-state index < -0.39 is 0 Å². The number of Topliss-reactive ketones (excluding diaryl/α,β-unsaturated/α-hetero) is 1. The van der Waals surface area contributed by atoms with Gasteiger partial charge in [0.1, 0.15) is 0 Å². The van der Waals surface area contributed by atoms with Gasteiger partial charge < -0.3 is 5.32 Å². The highest BCUT2D eigenvalue weighted by atomic mass is 35.5. The summed E-state index contributed by atoms with van der Waals surface area (Å²) in [6.07, 6.45) is 6.50. The molecule has 1 aliphatic rings. The number of carbonyl (C=O) groups is 1. The van der Waals surface area contributed by atoms with Crippen LogP contribution in [-0.4, -0.2) is 5.78 Å². The van der Waals surface area contributed by atoms with Gasteiger partial charge in [-0.3, -0.25) is 4.79 Å². The topological polar surface area (TPSA) is 29.1 Å². The molecule has 1 saturated carbocycles. The van der Waals surface area contributed by atoms with E-state index >= 15 is 0 Å². The number of hydrogen-bond donors (Lipinski definition) is 1. The van der Waals surface area contributed by atoms with Crippen LogP contribution in [0.1, 0.15) is 32.1 Å². The van der Waals surface area contributed by atoms with Crippen molar-refractivity contribution >= 4 is 34.7 Å². The van der Waals surface area contributed by atoms with Crippen LogP contribution >= 0.6 is 23.2 Å². The van der Waals surface area contributed by atoms with E-state index in [2.05, 4.69) is 5.32 Å². The number of halogens is 2. The summed E-state index contributed by atoms with van der Waals surface area (Å²) in [7, 11) is 0. The predicted octanol–water partition coefficient (Wildman–Crippen LogP) is 4.82. The average molecular weight is 284 g/mol. The highest BCUT2D eigenvalue weighted by Gasteiger charge is 2.12. The van der Waals surface area contributed by atoms with E-state index in [0.29, 0.717) is 16.5 Å². The van der Waals surface area contributed by atoms with Crippen LogP contribution in [0.25, 0.3) is 0 Å². The lowest BCUT2D eigenvalue weighted by atomic mass is 10.1. The number of anilines is 1. The Morgan fingerprint density at radius 1 is 1.00 bits per heavy atom. The van der Waals surface area contributed by atoms with Gasteiger partial charge in [-0.1, -0.05) is 29.6 Å². The molecule has 0 spiro atoms. The molecule has 0 aromatic heterocycles. The van der Waals surface area contributed by atoms with Gasteiger partial charge in [-0.15, -0.1) is 0 Å². The van der Waals surface area contributed by atoms with Crippen LogP contribution in [-0.2, 0) is 4.79 Å². The Bertz CT molecular complexity index is 462. The van der Waals surface area contributed by atoms with Gasteiger partial charge in [0.2, 0.25) is 0 Å². The molecule has 0 radical (unpaired) electrons. The molecule has 1 fully saturated rings. The van der Waals surface area contributed by atoms with Gasteiger partial charge in [0.25, 0.3) is 0 Å². The van der Waals surface area contributed by atoms with Gasteiger partial charge in [0, 0.05) is 33.9 Å². The smallest absolute Gasteiger partial charge is 0.160 e. The number of allylic oxidation sites excluding steroid dienone is 1. The second kappa shape index (κ2) is 6.26. The Kier molecular flexibility index (Phi) is 4.67. The molecular weight excluding hydrogens is 269 g/mol. The van der Waals surface area contributed by atoms with Crippen molar-refractivity contribution in [3.05, 3.63) is 40.0 Å². The number of carbonyl (C=O) groups excluding carboxylic acids is 1. The molecule has 1 aromatic carbocycles. The van der Waals surface area contributed by atoms with Crippen molar-refractivity contribution in [3.63, 3.8) is 0 Å². The molecule has 1 aliphatic carbocycles. The van der Waals surface area contributed by atoms with Gasteiger partial charge in [-0.2, -0.15) is 0 Å². The van der Waals surface area contributed by atoms with Crippen LogP contribution in [0.5, 0.6) is 0 Å². The Balaban J connectivity index is 2.10. The SMILES string of the molecule is O=C1CCCCC/C1=C\Nc1cc(Cl)cc(Cl)c1. The predicted molar refractivity (Wildman–Crippen MR) is 76.3 cm³/mol. The lowest BCUT2D eigenvalue weighted by molar-refractivity contribution is -0.115. The zero-order chi connectivity index (χ0) is 13.0. The minimum absolute atomic E-state index is 0.244. The zero-order valence-corrected chi connectivity index (χ0v) is 11.5. The van der Waals surface area contributed by atoms with Gasteiger partial charge >= 0.3 is 0 Å². The molecule has 2 rings (SSSR count). The standard InChI is InChI=1S/C14H15Cl2NO/c15-11-6-12(16)8-13(7-11)17-9-10-4-2-1-3-5-14(10)18/h6-9,17H,1-5H2/b10-9+. The number of ketones is 1. The average Bonchev–Trinajstić information content (AvgIpc) is 2.50. The summed E-state index contributed by atoms with van der Waals surface area (Å²) in [4.78, 5) is 11.8. The molecule has 0 aliphatic heterocycles. The van der Waals surface area contributed by atoms with E-state index in [1.807, 2.05) is 0 Å². The first-order valence-electron chi connectivity index (χ1n) is 6.10. The van der Waals surface area contributed by atoms with Crippen molar-refractivity contribution in [2.24, 2.45) is 0 Å². The normalized spacial score (nSPS) is 18.8. The second-order valence-electron chi connectivity index (χ2n) is 4.46. The fourth-order valence-corrected chi connectivity index (χ4v) is 2.56. The van der Waals surface area contributed by atoms with Crippen LogP contribution in [0.2, 0.25) is 10.0 Å². The van der Waals surface area contributed by atoms with Crippen molar-refractivity contribution in [3.8, 4) is 0 Å². The molecule has 2 nitrogen and oxygen atoms in total. The number of hydrogen-bond acceptors (Lipinski definition) is 2. The minimum Gasteiger partial charge on any atom is -0.361 e. The largest absolute Gasteiger partial charge is 0.361 e. The number of rotatable bonds is 2. The van der Waals surface area contributed by atoms with Gasteiger partial charge in [-0.25, -0.2) is 0 Å². The number of benzene rings is 1. The Hall–Kier alpha value is -0.990. The molecule has 4 heteroatoms. The van der Waals surface area contributed by atoms with E-state index in [-0.39, 0.29) is 5.78 Å². The Morgan fingerprint density at radius 3 is 2.39 bits per heavy atom. The molecule has 96 valence electrons. The number of nitrogens with one attached hydrogen (secondary N) is 1. The first kappa shape index (κ1) is 13.4. The monoisotopic (exact) mass is 283 g/mol. The molecular formula is C14H15Cl2NO. The third-order valence-corrected chi connectivity index (χ3v) is 3.42. The molecule has 1 N–H and O–H groups in total. The summed E-state index contributed by atoms with van der Waals surface area (Å²) in [5, 5.41) is 4.26. The molecule has 0 atom stereocenters. The van der Waals surface area contributed by atoms with E-state index in [9.17, 15) is 4.79 Å². The van der Waals surface area contributed by atoms with Crippen molar-refractivity contribution in [1.82, 2.24) is 0 Å². The molecule has 0 unspecified atom stereocenters. The third-order valence-electron chi connectivity index (χ3n) is 2.98. The maximum atomic E-state index is 11.8. The maximum Gasteiger partial charge on any atom is 0.160 e. The van der Waals surface area contributed by atoms with Crippen LogP contribution < -0.4 is 5.32 Å². The van der Waals surface area contributed by atoms with E-state index in [1.165, 1.54) is 0 Å². The van der Waals surface area contributed by atoms with E-state index in [0.717, 1.165) is 36.9 Å². The van der Waals surface area contributed by atoms with Crippen LogP contribution in [0.15, 0.2) is 30.0 Å². The van der Waals surface area contributed by atoms with E-state index in [4.69, 9.17) is 23.2 Å². The third kappa shape index (κ3) is 3.76. The first-order chi connectivity index (χ1) is 8.65. The fourth-order valence-electron chi connectivity index (χ4n) is 2.04. The summed E-state index contributed by atoms with van der Waals surface area (Å²) in [5.74, 6) is 0.244. The van der Waals surface area contributed by atoms with Crippen molar-refractivity contribution < 1.29 is 4.79 Å². The molecule has 0 heterocycles. The zero-order valence-electron chi connectivity index (χ0n) is 10.0. The summed E-state index contributed by atoms with van der Waals surface area (Å²) in [5.41, 5.74) is 1.67. The van der Waals surface area contributed by atoms with Gasteiger partial charge in [0.05, 0.1) is 0 Å². The molecule has 0 saturated heterocycles. The molecule has 1 aromatic rings. The van der Waals surface area contributed by atoms with Crippen molar-refractivity contribution in [2.75, 3.05) is 5.32 Å². The highest BCUT2D eigenvalue weighted by Crippen LogP contribution is 2.24. The highest BCUT2D eigenvalue weighted by molar-refractivity contribution is 6.35. The summed E-state index contributed by atoms with van der Waals surface area (Å²) in [6.45, 7) is 0. The van der Waals surface area contributed by atoms with Crippen molar-refractivity contribution in [1.29, 1.82) is 0 Å². The fraction of sp³-hybridized carbons (Fsp3) is 0.357. The van der Waals surface area contributed by atoms with Gasteiger partial charge in [-0.05, 0) is 37.5 Å². The maximum absolute atomic E-state index is 11.8. The minimum atomic E-state index is 0.244. The van der Waals surface area contributed by atoms with Crippen molar-refractivity contribution in [2.45, 2.75) is 32.1 Å².